The fourth-order valence-corrected chi connectivity index (χ4v) is 4.79. The van der Waals surface area contributed by atoms with Gasteiger partial charge in [0.15, 0.2) is 0 Å². The first-order valence-electron chi connectivity index (χ1n) is 11.8. The van der Waals surface area contributed by atoms with Gasteiger partial charge in [-0.1, -0.05) is 45.4 Å². The number of furan rings is 1. The molecular weight excluding hydrogens is 390 g/mol. The number of fused-ring (bicyclic) bond motifs is 2. The predicted octanol–water partition coefficient (Wildman–Crippen LogP) is 6.92. The molecular formula is C26H33NO4. The molecule has 1 unspecified atom stereocenters. The summed E-state index contributed by atoms with van der Waals surface area (Å²) in [6.07, 6.45) is 17.8. The van der Waals surface area contributed by atoms with E-state index in [1.807, 2.05) is 6.08 Å². The number of methoxy groups -OCH3 is 1. The van der Waals surface area contributed by atoms with Crippen LogP contribution in [0.25, 0.3) is 0 Å². The average molecular weight is 424 g/mol. The highest BCUT2D eigenvalue weighted by Gasteiger charge is 2.32. The molecule has 166 valence electrons. The zero-order valence-electron chi connectivity index (χ0n) is 18.7. The van der Waals surface area contributed by atoms with Gasteiger partial charge in [-0.15, -0.1) is 0 Å². The molecule has 5 nitrogen and oxygen atoms in total. The van der Waals surface area contributed by atoms with Crippen LogP contribution in [0.15, 0.2) is 56.3 Å². The summed E-state index contributed by atoms with van der Waals surface area (Å²) in [4.78, 5) is 16.6. The Bertz CT molecular complexity index is 931. The molecule has 5 heteroatoms. The number of allylic oxidation sites excluding steroid dienone is 4. The Labute approximate surface area is 184 Å². The molecule has 1 aromatic heterocycles. The maximum Gasteiger partial charge on any atom is 0.374 e. The molecule has 1 aromatic rings. The van der Waals surface area contributed by atoms with Gasteiger partial charge < -0.3 is 13.9 Å². The second-order valence-corrected chi connectivity index (χ2v) is 8.63. The Kier molecular flexibility index (Phi) is 7.10. The van der Waals surface area contributed by atoms with E-state index in [0.29, 0.717) is 11.9 Å². The average Bonchev–Trinajstić information content (AvgIpc) is 3.40. The Hall–Kier alpha value is -2.56. The van der Waals surface area contributed by atoms with E-state index in [4.69, 9.17) is 18.9 Å². The van der Waals surface area contributed by atoms with Gasteiger partial charge in [-0.25, -0.2) is 4.79 Å². The fraction of sp³-hybridized carbons (Fsp3) is 0.538. The third kappa shape index (κ3) is 5.03. The monoisotopic (exact) mass is 423 g/mol. The minimum Gasteiger partial charge on any atom is -0.463 e. The van der Waals surface area contributed by atoms with Gasteiger partial charge in [0, 0.05) is 23.8 Å². The molecule has 1 atom stereocenters. The number of aliphatic imine (C=N–C) groups is 1. The number of carbonyl (C=O) groups excluding carboxylic acids is 1. The van der Waals surface area contributed by atoms with E-state index in [1.165, 1.54) is 75.3 Å². The summed E-state index contributed by atoms with van der Waals surface area (Å²) >= 11 is 0. The van der Waals surface area contributed by atoms with Crippen LogP contribution in [0.1, 0.15) is 88.1 Å². The third-order valence-electron chi connectivity index (χ3n) is 6.37. The van der Waals surface area contributed by atoms with Crippen LogP contribution >= 0.6 is 0 Å². The molecule has 1 aliphatic heterocycles. The van der Waals surface area contributed by atoms with Crippen LogP contribution in [0.4, 0.5) is 0 Å². The van der Waals surface area contributed by atoms with Crippen LogP contribution < -0.4 is 4.74 Å². The predicted molar refractivity (Wildman–Crippen MR) is 121 cm³/mol. The van der Waals surface area contributed by atoms with Crippen molar-refractivity contribution in [2.75, 3.05) is 7.11 Å². The van der Waals surface area contributed by atoms with Gasteiger partial charge in [-0.2, -0.15) is 0 Å². The first-order chi connectivity index (χ1) is 15.2. The summed E-state index contributed by atoms with van der Waals surface area (Å²) in [5.74, 6) is 0.987. The summed E-state index contributed by atoms with van der Waals surface area (Å²) in [7, 11) is 1.33. The number of hydrogen-bond donors (Lipinski definition) is 0. The van der Waals surface area contributed by atoms with E-state index >= 15 is 0 Å². The van der Waals surface area contributed by atoms with E-state index in [1.54, 1.807) is 12.1 Å². The van der Waals surface area contributed by atoms with Crippen molar-refractivity contribution in [2.24, 2.45) is 10.9 Å². The molecule has 0 amide bonds. The first-order valence-corrected chi connectivity index (χ1v) is 11.8. The summed E-state index contributed by atoms with van der Waals surface area (Å²) in [5, 5.41) is 0. The second-order valence-electron chi connectivity index (χ2n) is 8.63. The third-order valence-corrected chi connectivity index (χ3v) is 6.37. The quantitative estimate of drug-likeness (QED) is 0.303. The molecule has 2 heterocycles. The summed E-state index contributed by atoms with van der Waals surface area (Å²) in [6, 6.07) is 3.23. The van der Waals surface area contributed by atoms with Crippen molar-refractivity contribution >= 4 is 11.7 Å². The van der Waals surface area contributed by atoms with Crippen LogP contribution in [0.2, 0.25) is 0 Å². The molecule has 0 N–H and O–H groups in total. The van der Waals surface area contributed by atoms with E-state index in [9.17, 15) is 4.79 Å². The number of unbranched alkanes of at least 4 members (excludes halogenated alkanes) is 5. The smallest absolute Gasteiger partial charge is 0.374 e. The van der Waals surface area contributed by atoms with Crippen LogP contribution in [-0.4, -0.2) is 18.8 Å². The molecule has 0 saturated heterocycles. The van der Waals surface area contributed by atoms with Crippen LogP contribution in [0.5, 0.6) is 5.95 Å². The molecule has 0 spiro atoms. The zero-order chi connectivity index (χ0) is 21.6. The summed E-state index contributed by atoms with van der Waals surface area (Å²) < 4.78 is 16.2. The molecule has 1 fully saturated rings. The van der Waals surface area contributed by atoms with Crippen molar-refractivity contribution in [1.29, 1.82) is 0 Å². The number of rotatable bonds is 10. The summed E-state index contributed by atoms with van der Waals surface area (Å²) in [6.45, 7) is 2.26. The van der Waals surface area contributed by atoms with E-state index in [0.717, 1.165) is 30.7 Å². The standard InChI is InChI=1S/C26H33NO4/c1-3-4-5-6-7-8-11-18-16-19(30-24-15-14-23(31-24)26(28)29-2)17-22-25(18)20-12-9-10-13-21(20)27-22/h14-18H,3-13H2,1-2H3. The lowest BCUT2D eigenvalue weighted by Gasteiger charge is -2.23. The van der Waals surface area contributed by atoms with E-state index < -0.39 is 5.97 Å². The van der Waals surface area contributed by atoms with Gasteiger partial charge in [-0.05, 0) is 55.4 Å². The number of hydrogen-bond acceptors (Lipinski definition) is 5. The highest BCUT2D eigenvalue weighted by molar-refractivity contribution is 6.05. The SMILES string of the molecule is CCCCCCCCC1C=C(Oc2ccc(C(=O)OC)o2)C=C2N=C3CCCCC3=C21. The molecule has 0 bridgehead atoms. The van der Waals surface area contributed by atoms with Crippen molar-refractivity contribution in [3.8, 4) is 5.95 Å². The maximum atomic E-state index is 11.7. The second kappa shape index (κ2) is 10.2. The Morgan fingerprint density at radius 2 is 1.94 bits per heavy atom. The van der Waals surface area contributed by atoms with E-state index in [-0.39, 0.29) is 5.76 Å². The van der Waals surface area contributed by atoms with Gasteiger partial charge in [-0.3, -0.25) is 4.99 Å². The molecule has 4 rings (SSSR count). The molecule has 31 heavy (non-hydrogen) atoms. The highest BCUT2D eigenvalue weighted by Crippen LogP contribution is 2.43. The number of nitrogens with zero attached hydrogens (tertiary/aromatic N) is 1. The van der Waals surface area contributed by atoms with Gasteiger partial charge in [0.25, 0.3) is 5.95 Å². The van der Waals surface area contributed by atoms with Crippen molar-refractivity contribution in [2.45, 2.75) is 77.6 Å². The molecule has 0 radical (unpaired) electrons. The topological polar surface area (TPSA) is 61.0 Å². The minimum atomic E-state index is -0.509. The van der Waals surface area contributed by atoms with Gasteiger partial charge >= 0.3 is 5.97 Å². The minimum absolute atomic E-state index is 0.139. The first kappa shape index (κ1) is 21.7. The Morgan fingerprint density at radius 3 is 2.77 bits per heavy atom. The number of esters is 1. The van der Waals surface area contributed by atoms with Crippen molar-refractivity contribution in [1.82, 2.24) is 0 Å². The van der Waals surface area contributed by atoms with Crippen LogP contribution in [-0.2, 0) is 4.74 Å². The van der Waals surface area contributed by atoms with Gasteiger partial charge in [0.2, 0.25) is 5.76 Å². The lowest BCUT2D eigenvalue weighted by atomic mass is 9.81. The van der Waals surface area contributed by atoms with Gasteiger partial charge in [0.05, 0.1) is 12.8 Å². The van der Waals surface area contributed by atoms with Crippen molar-refractivity contribution in [3.05, 3.63) is 52.6 Å². The Balaban J connectivity index is 1.50. The Morgan fingerprint density at radius 1 is 1.13 bits per heavy atom. The number of ether oxygens (including phenoxy) is 2. The maximum absolute atomic E-state index is 11.7. The van der Waals surface area contributed by atoms with Crippen LogP contribution in [0.3, 0.4) is 0 Å². The van der Waals surface area contributed by atoms with Gasteiger partial charge in [0.1, 0.15) is 5.76 Å². The van der Waals surface area contributed by atoms with Crippen LogP contribution in [0, 0.1) is 5.92 Å². The van der Waals surface area contributed by atoms with E-state index in [2.05, 4.69) is 13.0 Å². The molecule has 0 aromatic carbocycles. The lowest BCUT2D eigenvalue weighted by molar-refractivity contribution is 0.0559. The highest BCUT2D eigenvalue weighted by atomic mass is 16.6. The number of carbonyl (C=O) groups is 1. The van der Waals surface area contributed by atoms with Crippen molar-refractivity contribution < 1.29 is 18.7 Å². The largest absolute Gasteiger partial charge is 0.463 e. The summed E-state index contributed by atoms with van der Waals surface area (Å²) in [5.41, 5.74) is 5.24. The normalized spacial score (nSPS) is 19.9. The van der Waals surface area contributed by atoms with Crippen molar-refractivity contribution in [3.63, 3.8) is 0 Å². The molecule has 2 aliphatic carbocycles. The fourth-order valence-electron chi connectivity index (χ4n) is 4.79. The zero-order valence-corrected chi connectivity index (χ0v) is 18.7. The lowest BCUT2D eigenvalue weighted by Crippen LogP contribution is -2.13. The molecule has 1 saturated carbocycles. The molecule has 3 aliphatic rings.